The summed E-state index contributed by atoms with van der Waals surface area (Å²) in [4.78, 5) is 34.6. The molecule has 7 nitrogen and oxygen atoms in total. The Morgan fingerprint density at radius 3 is 2.65 bits per heavy atom. The second-order valence-corrected chi connectivity index (χ2v) is 5.64. The van der Waals surface area contributed by atoms with E-state index in [9.17, 15) is 14.4 Å². The van der Waals surface area contributed by atoms with Crippen LogP contribution in [0, 0.1) is 0 Å². The maximum Gasteiger partial charge on any atom is 0.251 e. The van der Waals surface area contributed by atoms with Crippen molar-refractivity contribution in [3.05, 3.63) is 29.3 Å². The average molecular weight is 318 g/mol. The van der Waals surface area contributed by atoms with Crippen molar-refractivity contribution in [2.24, 2.45) is 5.73 Å². The first-order chi connectivity index (χ1) is 11.0. The van der Waals surface area contributed by atoms with Crippen LogP contribution in [-0.4, -0.2) is 36.9 Å². The van der Waals surface area contributed by atoms with Gasteiger partial charge in [0.2, 0.25) is 11.8 Å². The Hall–Kier alpha value is -2.41. The molecule has 1 aliphatic rings. The van der Waals surface area contributed by atoms with Gasteiger partial charge in [0.25, 0.3) is 5.91 Å². The van der Waals surface area contributed by atoms with Gasteiger partial charge in [-0.05, 0) is 43.5 Å². The Morgan fingerprint density at radius 1 is 1.26 bits per heavy atom. The highest BCUT2D eigenvalue weighted by atomic mass is 16.2. The van der Waals surface area contributed by atoms with Crippen molar-refractivity contribution in [3.8, 4) is 0 Å². The summed E-state index contributed by atoms with van der Waals surface area (Å²) in [7, 11) is 0. The van der Waals surface area contributed by atoms with Crippen molar-refractivity contribution < 1.29 is 14.4 Å². The molecular weight excluding hydrogens is 296 g/mol. The molecule has 23 heavy (non-hydrogen) atoms. The van der Waals surface area contributed by atoms with E-state index in [4.69, 9.17) is 5.73 Å². The first-order valence-electron chi connectivity index (χ1n) is 7.71. The van der Waals surface area contributed by atoms with Gasteiger partial charge in [0.1, 0.15) is 0 Å². The minimum Gasteiger partial charge on any atom is -0.355 e. The van der Waals surface area contributed by atoms with Gasteiger partial charge in [0, 0.05) is 24.3 Å². The minimum atomic E-state index is -0.504. The van der Waals surface area contributed by atoms with Crippen molar-refractivity contribution in [2.75, 3.05) is 18.4 Å². The largest absolute Gasteiger partial charge is 0.355 e. The fraction of sp³-hybridized carbons (Fsp3) is 0.438. The summed E-state index contributed by atoms with van der Waals surface area (Å²) in [5, 5.41) is 8.28. The van der Waals surface area contributed by atoms with Gasteiger partial charge in [0.05, 0.1) is 12.5 Å². The minimum absolute atomic E-state index is 0.0496. The number of unbranched alkanes of at least 4 members (excludes halogenated alkanes) is 1. The fourth-order valence-electron chi connectivity index (χ4n) is 2.30. The molecule has 0 saturated heterocycles. The Labute approximate surface area is 135 Å². The number of fused-ring (bicyclic) bond motifs is 1. The number of carbonyl (C=O) groups is 3. The van der Waals surface area contributed by atoms with Crippen molar-refractivity contribution >= 4 is 23.4 Å². The molecule has 0 saturated carbocycles. The average Bonchev–Trinajstić information content (AvgIpc) is 2.89. The zero-order chi connectivity index (χ0) is 16.8. The number of benzene rings is 1. The van der Waals surface area contributed by atoms with Gasteiger partial charge in [-0.15, -0.1) is 0 Å². The number of hydrogen-bond acceptors (Lipinski definition) is 4. The topological polar surface area (TPSA) is 113 Å². The molecule has 7 heteroatoms. The Balaban J connectivity index is 1.69. The highest BCUT2D eigenvalue weighted by molar-refractivity contribution is 6.01. The molecule has 2 rings (SSSR count). The molecule has 1 heterocycles. The third kappa shape index (κ3) is 4.79. The Kier molecular flexibility index (Phi) is 5.70. The quantitative estimate of drug-likeness (QED) is 0.536. The lowest BCUT2D eigenvalue weighted by Crippen LogP contribution is -2.38. The summed E-state index contributed by atoms with van der Waals surface area (Å²) in [5.74, 6) is -0.381. The fourth-order valence-corrected chi connectivity index (χ4v) is 2.30. The molecule has 1 aliphatic heterocycles. The maximum atomic E-state index is 12.1. The predicted octanol–water partition coefficient (Wildman–Crippen LogP) is 0.155. The van der Waals surface area contributed by atoms with Crippen LogP contribution in [-0.2, 0) is 16.0 Å². The lowest BCUT2D eigenvalue weighted by molar-refractivity contribution is -0.122. The third-order valence-corrected chi connectivity index (χ3v) is 3.59. The summed E-state index contributed by atoms with van der Waals surface area (Å²) in [6.07, 6.45) is 1.84. The van der Waals surface area contributed by atoms with Crippen LogP contribution in [0.5, 0.6) is 0 Å². The van der Waals surface area contributed by atoms with E-state index in [0.29, 0.717) is 25.1 Å². The lowest BCUT2D eigenvalue weighted by atomic mass is 10.1. The second-order valence-electron chi connectivity index (χ2n) is 5.64. The molecular formula is C16H22N4O3. The number of nitrogens with one attached hydrogen (secondary N) is 3. The smallest absolute Gasteiger partial charge is 0.251 e. The zero-order valence-electron chi connectivity index (χ0n) is 13.1. The molecule has 3 amide bonds. The number of rotatable bonds is 7. The number of anilines is 1. The molecule has 0 radical (unpaired) electrons. The molecule has 124 valence electrons. The first-order valence-corrected chi connectivity index (χ1v) is 7.71. The molecule has 0 bridgehead atoms. The van der Waals surface area contributed by atoms with Gasteiger partial charge < -0.3 is 21.7 Å². The first kappa shape index (κ1) is 17.0. The summed E-state index contributed by atoms with van der Waals surface area (Å²) < 4.78 is 0. The van der Waals surface area contributed by atoms with E-state index >= 15 is 0 Å². The van der Waals surface area contributed by atoms with E-state index in [-0.39, 0.29) is 17.7 Å². The highest BCUT2D eigenvalue weighted by Gasteiger charge is 2.18. The van der Waals surface area contributed by atoms with Gasteiger partial charge in [-0.3, -0.25) is 14.4 Å². The second kappa shape index (κ2) is 7.73. The lowest BCUT2D eigenvalue weighted by Gasteiger charge is -2.08. The normalized spacial score (nSPS) is 13.9. The van der Waals surface area contributed by atoms with Gasteiger partial charge >= 0.3 is 0 Å². The van der Waals surface area contributed by atoms with Crippen LogP contribution in [0.3, 0.4) is 0 Å². The van der Waals surface area contributed by atoms with Gasteiger partial charge in [-0.25, -0.2) is 0 Å². The zero-order valence-corrected chi connectivity index (χ0v) is 13.1. The number of carbonyl (C=O) groups excluding carboxylic acids is 3. The SMILES string of the molecule is CC(N)C(=O)NCCCCNC(=O)c1ccc2c(c1)CC(=O)N2. The van der Waals surface area contributed by atoms with E-state index in [1.807, 2.05) is 0 Å². The molecule has 5 N–H and O–H groups in total. The monoisotopic (exact) mass is 318 g/mol. The molecule has 0 fully saturated rings. The standard InChI is InChI=1S/C16H22N4O3/c1-10(17)15(22)18-6-2-3-7-19-16(23)11-4-5-13-12(8-11)9-14(21)20-13/h4-5,8,10H,2-3,6-7,9,17H2,1H3,(H,18,22)(H,19,23)(H,20,21). The van der Waals surface area contributed by atoms with Crippen molar-refractivity contribution in [1.29, 1.82) is 0 Å². The summed E-state index contributed by atoms with van der Waals surface area (Å²) in [5.41, 5.74) is 7.60. The molecule has 1 aromatic carbocycles. The van der Waals surface area contributed by atoms with E-state index in [1.165, 1.54) is 0 Å². The van der Waals surface area contributed by atoms with Crippen LogP contribution in [0.4, 0.5) is 5.69 Å². The molecule has 1 unspecified atom stereocenters. The Morgan fingerprint density at radius 2 is 1.96 bits per heavy atom. The third-order valence-electron chi connectivity index (χ3n) is 3.59. The van der Waals surface area contributed by atoms with E-state index in [2.05, 4.69) is 16.0 Å². The van der Waals surface area contributed by atoms with Crippen LogP contribution >= 0.6 is 0 Å². The van der Waals surface area contributed by atoms with Gasteiger partial charge in [0.15, 0.2) is 0 Å². The van der Waals surface area contributed by atoms with E-state index in [0.717, 1.165) is 24.1 Å². The molecule has 0 spiro atoms. The summed E-state index contributed by atoms with van der Waals surface area (Å²) in [6, 6.07) is 4.68. The van der Waals surface area contributed by atoms with Crippen molar-refractivity contribution in [3.63, 3.8) is 0 Å². The van der Waals surface area contributed by atoms with Crippen LogP contribution in [0.25, 0.3) is 0 Å². The van der Waals surface area contributed by atoms with Crippen LogP contribution in [0.2, 0.25) is 0 Å². The molecule has 0 aromatic heterocycles. The number of nitrogens with two attached hydrogens (primary N) is 1. The van der Waals surface area contributed by atoms with Crippen LogP contribution in [0.1, 0.15) is 35.7 Å². The number of hydrogen-bond donors (Lipinski definition) is 4. The van der Waals surface area contributed by atoms with Gasteiger partial charge in [-0.1, -0.05) is 0 Å². The molecule has 1 atom stereocenters. The van der Waals surface area contributed by atoms with Crippen LogP contribution in [0.15, 0.2) is 18.2 Å². The van der Waals surface area contributed by atoms with Gasteiger partial charge in [-0.2, -0.15) is 0 Å². The summed E-state index contributed by atoms with van der Waals surface area (Å²) in [6.45, 7) is 2.71. The van der Waals surface area contributed by atoms with E-state index < -0.39 is 6.04 Å². The molecule has 1 aromatic rings. The van der Waals surface area contributed by atoms with Crippen LogP contribution < -0.4 is 21.7 Å². The van der Waals surface area contributed by atoms with Crippen molar-refractivity contribution in [1.82, 2.24) is 10.6 Å². The predicted molar refractivity (Wildman–Crippen MR) is 87.0 cm³/mol. The van der Waals surface area contributed by atoms with E-state index in [1.54, 1.807) is 25.1 Å². The summed E-state index contributed by atoms with van der Waals surface area (Å²) >= 11 is 0. The Bertz CT molecular complexity index is 613. The molecule has 0 aliphatic carbocycles. The number of amides is 3. The van der Waals surface area contributed by atoms with Crippen molar-refractivity contribution in [2.45, 2.75) is 32.2 Å². The maximum absolute atomic E-state index is 12.1. The highest BCUT2D eigenvalue weighted by Crippen LogP contribution is 2.23.